The second kappa shape index (κ2) is 5.58. The third-order valence-electron chi connectivity index (χ3n) is 2.50. The average Bonchev–Trinajstić information content (AvgIpc) is 2.69. The standard InChI is InChI=1S/C12H13NO4S2/c1-16-10-2-4-11(5-3-10)17-12(18)13-9-6-7-19(14,15)8-9/h2-7,9H,8H2,1H3,(H,13,18). The van der Waals surface area contributed by atoms with Crippen LogP contribution in [0.25, 0.3) is 0 Å². The number of methoxy groups -OCH3 is 1. The Hall–Kier alpha value is -1.60. The first-order chi connectivity index (χ1) is 8.98. The Morgan fingerprint density at radius 3 is 2.47 bits per heavy atom. The normalized spacial score (nSPS) is 19.9. The maximum Gasteiger partial charge on any atom is 0.262 e. The molecule has 1 aromatic rings. The fraction of sp³-hybridized carbons (Fsp3) is 0.250. The molecule has 7 heteroatoms. The molecule has 0 aliphatic carbocycles. The summed E-state index contributed by atoms with van der Waals surface area (Å²) in [7, 11) is -1.52. The number of rotatable bonds is 3. The van der Waals surface area contributed by atoms with Gasteiger partial charge < -0.3 is 14.8 Å². The number of benzene rings is 1. The van der Waals surface area contributed by atoms with Crippen LogP contribution in [-0.4, -0.2) is 32.5 Å². The van der Waals surface area contributed by atoms with E-state index in [9.17, 15) is 8.42 Å². The summed E-state index contributed by atoms with van der Waals surface area (Å²) in [5.41, 5.74) is 0. The van der Waals surface area contributed by atoms with Gasteiger partial charge in [0.05, 0.1) is 18.9 Å². The molecular formula is C12H13NO4S2. The first-order valence-electron chi connectivity index (χ1n) is 5.52. The second-order valence-electron chi connectivity index (χ2n) is 3.97. The molecule has 0 fully saturated rings. The largest absolute Gasteiger partial charge is 0.497 e. The summed E-state index contributed by atoms with van der Waals surface area (Å²) in [5.74, 6) is 1.28. The summed E-state index contributed by atoms with van der Waals surface area (Å²) in [5, 5.41) is 4.14. The number of thiocarbonyl (C=S) groups is 1. The van der Waals surface area contributed by atoms with Crippen LogP contribution >= 0.6 is 12.2 Å². The van der Waals surface area contributed by atoms with Gasteiger partial charge in [-0.3, -0.25) is 0 Å². The molecule has 0 spiro atoms. The van der Waals surface area contributed by atoms with Crippen molar-refractivity contribution in [2.45, 2.75) is 6.04 Å². The molecule has 0 bridgehead atoms. The minimum atomic E-state index is -3.10. The second-order valence-corrected chi connectivity index (χ2v) is 6.28. The third-order valence-corrected chi connectivity index (χ3v) is 4.10. The van der Waals surface area contributed by atoms with Gasteiger partial charge in [0, 0.05) is 5.41 Å². The van der Waals surface area contributed by atoms with Gasteiger partial charge in [-0.2, -0.15) is 0 Å². The molecule has 1 atom stereocenters. The van der Waals surface area contributed by atoms with Crippen LogP contribution in [0.3, 0.4) is 0 Å². The van der Waals surface area contributed by atoms with Crippen molar-refractivity contribution in [1.82, 2.24) is 5.32 Å². The zero-order valence-corrected chi connectivity index (χ0v) is 11.8. The first-order valence-corrected chi connectivity index (χ1v) is 7.64. The van der Waals surface area contributed by atoms with E-state index in [1.807, 2.05) is 0 Å². The quantitative estimate of drug-likeness (QED) is 0.848. The number of hydrogen-bond donors (Lipinski definition) is 1. The molecule has 1 aromatic carbocycles. The zero-order valence-electron chi connectivity index (χ0n) is 10.2. The van der Waals surface area contributed by atoms with Gasteiger partial charge in [-0.15, -0.1) is 0 Å². The minimum Gasteiger partial charge on any atom is -0.497 e. The van der Waals surface area contributed by atoms with Gasteiger partial charge >= 0.3 is 0 Å². The predicted molar refractivity (Wildman–Crippen MR) is 76.1 cm³/mol. The molecule has 2 rings (SSSR count). The monoisotopic (exact) mass is 299 g/mol. The minimum absolute atomic E-state index is 0.000880. The Morgan fingerprint density at radius 2 is 1.95 bits per heavy atom. The molecular weight excluding hydrogens is 286 g/mol. The lowest BCUT2D eigenvalue weighted by Gasteiger charge is -2.13. The molecule has 19 heavy (non-hydrogen) atoms. The van der Waals surface area contributed by atoms with Gasteiger partial charge in [0.25, 0.3) is 5.17 Å². The van der Waals surface area contributed by atoms with Crippen molar-refractivity contribution in [2.24, 2.45) is 0 Å². The van der Waals surface area contributed by atoms with Crippen molar-refractivity contribution in [3.8, 4) is 11.5 Å². The molecule has 102 valence electrons. The Kier molecular flexibility index (Phi) is 4.06. The van der Waals surface area contributed by atoms with Crippen LogP contribution in [0.4, 0.5) is 0 Å². The lowest BCUT2D eigenvalue weighted by Crippen LogP contribution is -2.37. The number of nitrogens with one attached hydrogen (secondary N) is 1. The fourth-order valence-corrected chi connectivity index (χ4v) is 3.08. The Morgan fingerprint density at radius 1 is 1.32 bits per heavy atom. The van der Waals surface area contributed by atoms with Crippen molar-refractivity contribution >= 4 is 27.2 Å². The Labute approximate surface area is 117 Å². The molecule has 1 N–H and O–H groups in total. The Bertz CT molecular complexity index is 593. The van der Waals surface area contributed by atoms with E-state index < -0.39 is 9.84 Å². The topological polar surface area (TPSA) is 64.6 Å². The van der Waals surface area contributed by atoms with Gasteiger partial charge in [0.1, 0.15) is 11.5 Å². The highest BCUT2D eigenvalue weighted by atomic mass is 32.2. The molecule has 1 unspecified atom stereocenters. The van der Waals surface area contributed by atoms with E-state index in [1.165, 1.54) is 5.41 Å². The SMILES string of the molecule is COc1ccc(OC(=S)NC2C=CS(=O)(=O)C2)cc1. The Balaban J connectivity index is 1.89. The van der Waals surface area contributed by atoms with Crippen LogP contribution in [0.5, 0.6) is 11.5 Å². The number of ether oxygens (including phenoxy) is 2. The molecule has 1 heterocycles. The summed E-state index contributed by atoms with van der Waals surface area (Å²) in [6, 6.07) is 6.59. The van der Waals surface area contributed by atoms with Crippen molar-refractivity contribution < 1.29 is 17.9 Å². The average molecular weight is 299 g/mol. The third kappa shape index (κ3) is 3.93. The lowest BCUT2D eigenvalue weighted by molar-refractivity contribution is 0.413. The highest BCUT2D eigenvalue weighted by molar-refractivity contribution is 7.94. The molecule has 0 aromatic heterocycles. The summed E-state index contributed by atoms with van der Waals surface area (Å²) in [6.45, 7) is 0. The highest BCUT2D eigenvalue weighted by Gasteiger charge is 2.22. The van der Waals surface area contributed by atoms with Crippen molar-refractivity contribution in [2.75, 3.05) is 12.9 Å². The van der Waals surface area contributed by atoms with Gasteiger partial charge in [0.2, 0.25) is 0 Å². The fourth-order valence-electron chi connectivity index (χ4n) is 1.60. The molecule has 0 saturated carbocycles. The van der Waals surface area contributed by atoms with Gasteiger partial charge in [-0.05, 0) is 42.6 Å². The van der Waals surface area contributed by atoms with Gasteiger partial charge in [-0.1, -0.05) is 0 Å². The molecule has 0 amide bonds. The van der Waals surface area contributed by atoms with Crippen LogP contribution in [0.15, 0.2) is 35.7 Å². The van der Waals surface area contributed by atoms with E-state index in [0.717, 1.165) is 5.75 Å². The number of sulfone groups is 1. The molecule has 5 nitrogen and oxygen atoms in total. The highest BCUT2D eigenvalue weighted by Crippen LogP contribution is 2.17. The molecule has 0 saturated heterocycles. The first kappa shape index (κ1) is 13.8. The summed E-state index contributed by atoms with van der Waals surface area (Å²) in [6.07, 6.45) is 1.55. The maximum atomic E-state index is 11.2. The molecule has 0 radical (unpaired) electrons. The van der Waals surface area contributed by atoms with E-state index in [1.54, 1.807) is 37.5 Å². The van der Waals surface area contributed by atoms with Gasteiger partial charge in [0.15, 0.2) is 9.84 Å². The van der Waals surface area contributed by atoms with Gasteiger partial charge in [-0.25, -0.2) is 8.42 Å². The van der Waals surface area contributed by atoms with Crippen LogP contribution in [-0.2, 0) is 9.84 Å². The smallest absolute Gasteiger partial charge is 0.262 e. The summed E-state index contributed by atoms with van der Waals surface area (Å²) in [4.78, 5) is 0. The predicted octanol–water partition coefficient (Wildman–Crippen LogP) is 1.26. The van der Waals surface area contributed by atoms with E-state index in [4.69, 9.17) is 21.7 Å². The lowest BCUT2D eigenvalue weighted by atomic mass is 10.3. The van der Waals surface area contributed by atoms with Crippen molar-refractivity contribution in [3.05, 3.63) is 35.7 Å². The number of hydrogen-bond acceptors (Lipinski definition) is 5. The van der Waals surface area contributed by atoms with Crippen LogP contribution < -0.4 is 14.8 Å². The summed E-state index contributed by atoms with van der Waals surface area (Å²) < 4.78 is 32.9. The zero-order chi connectivity index (χ0) is 13.9. The van der Waals surface area contributed by atoms with Crippen molar-refractivity contribution in [3.63, 3.8) is 0 Å². The van der Waals surface area contributed by atoms with E-state index >= 15 is 0 Å². The van der Waals surface area contributed by atoms with E-state index in [2.05, 4.69) is 5.32 Å². The van der Waals surface area contributed by atoms with Crippen LogP contribution in [0, 0.1) is 0 Å². The van der Waals surface area contributed by atoms with Crippen LogP contribution in [0.2, 0.25) is 0 Å². The summed E-state index contributed by atoms with van der Waals surface area (Å²) >= 11 is 5.02. The van der Waals surface area contributed by atoms with Crippen LogP contribution in [0.1, 0.15) is 0 Å². The molecule has 1 aliphatic heterocycles. The van der Waals surface area contributed by atoms with E-state index in [0.29, 0.717) is 5.75 Å². The van der Waals surface area contributed by atoms with E-state index in [-0.39, 0.29) is 17.0 Å². The molecule has 1 aliphatic rings. The maximum absolute atomic E-state index is 11.2. The van der Waals surface area contributed by atoms with Crippen molar-refractivity contribution in [1.29, 1.82) is 0 Å².